The van der Waals surface area contributed by atoms with Gasteiger partial charge in [0.15, 0.2) is 9.84 Å². The number of sulfone groups is 1. The SMILES string of the molecule is CCC(CC)(C(=O)NC1CCCCC1)S(=O)(=O)CC. The van der Waals surface area contributed by atoms with Crippen LogP contribution in [0.4, 0.5) is 0 Å². The molecule has 1 aliphatic rings. The van der Waals surface area contributed by atoms with Crippen LogP contribution in [-0.4, -0.2) is 30.9 Å². The molecule has 112 valence electrons. The lowest BCUT2D eigenvalue weighted by Gasteiger charge is -2.32. The Morgan fingerprint density at radius 1 is 1.11 bits per heavy atom. The summed E-state index contributed by atoms with van der Waals surface area (Å²) in [6, 6.07) is 0.158. The van der Waals surface area contributed by atoms with Crippen LogP contribution >= 0.6 is 0 Å². The zero-order chi connectivity index (χ0) is 14.5. The molecule has 0 aliphatic heterocycles. The molecule has 19 heavy (non-hydrogen) atoms. The fourth-order valence-electron chi connectivity index (χ4n) is 2.99. The predicted octanol–water partition coefficient (Wildman–Crippen LogP) is 2.43. The quantitative estimate of drug-likeness (QED) is 0.817. The minimum Gasteiger partial charge on any atom is -0.352 e. The van der Waals surface area contributed by atoms with Gasteiger partial charge in [-0.15, -0.1) is 0 Å². The summed E-state index contributed by atoms with van der Waals surface area (Å²) in [4.78, 5) is 12.5. The number of amides is 1. The van der Waals surface area contributed by atoms with Crippen LogP contribution in [0.3, 0.4) is 0 Å². The fourth-order valence-corrected chi connectivity index (χ4v) is 4.77. The van der Waals surface area contributed by atoms with Crippen molar-refractivity contribution >= 4 is 15.7 Å². The molecule has 5 heteroatoms. The summed E-state index contributed by atoms with van der Waals surface area (Å²) in [6.07, 6.45) is 6.10. The molecule has 0 saturated heterocycles. The first-order valence-electron chi connectivity index (χ1n) is 7.46. The normalized spacial score (nSPS) is 18.3. The lowest BCUT2D eigenvalue weighted by molar-refractivity contribution is -0.124. The topological polar surface area (TPSA) is 63.2 Å². The van der Waals surface area contributed by atoms with Gasteiger partial charge in [-0.2, -0.15) is 0 Å². The molecule has 0 aromatic heterocycles. The van der Waals surface area contributed by atoms with E-state index in [1.54, 1.807) is 20.8 Å². The highest BCUT2D eigenvalue weighted by molar-refractivity contribution is 7.93. The lowest BCUT2D eigenvalue weighted by atomic mass is 9.94. The van der Waals surface area contributed by atoms with Crippen molar-refractivity contribution in [1.82, 2.24) is 5.32 Å². The van der Waals surface area contributed by atoms with E-state index in [0.717, 1.165) is 25.7 Å². The van der Waals surface area contributed by atoms with E-state index >= 15 is 0 Å². The lowest BCUT2D eigenvalue weighted by Crippen LogP contribution is -2.55. The molecular formula is C14H27NO3S. The van der Waals surface area contributed by atoms with Gasteiger partial charge in [-0.1, -0.05) is 40.0 Å². The van der Waals surface area contributed by atoms with Gasteiger partial charge in [-0.25, -0.2) is 8.42 Å². The molecule has 1 N–H and O–H groups in total. The number of hydrogen-bond donors (Lipinski definition) is 1. The van der Waals surface area contributed by atoms with Crippen molar-refractivity contribution in [3.05, 3.63) is 0 Å². The summed E-state index contributed by atoms with van der Waals surface area (Å²) >= 11 is 0. The first-order valence-corrected chi connectivity index (χ1v) is 9.12. The van der Waals surface area contributed by atoms with Crippen molar-refractivity contribution in [2.45, 2.75) is 76.5 Å². The van der Waals surface area contributed by atoms with Crippen LogP contribution in [0.2, 0.25) is 0 Å². The van der Waals surface area contributed by atoms with Crippen LogP contribution in [0.5, 0.6) is 0 Å². The third-order valence-corrected chi connectivity index (χ3v) is 7.19. The summed E-state index contributed by atoms with van der Waals surface area (Å²) in [7, 11) is -3.38. The standard InChI is InChI=1S/C14H27NO3S/c1-4-14(5-2,19(17,18)6-3)13(16)15-12-10-8-7-9-11-12/h12H,4-11H2,1-3H3,(H,15,16). The largest absolute Gasteiger partial charge is 0.352 e. The van der Waals surface area contributed by atoms with Gasteiger partial charge in [0.05, 0.1) is 0 Å². The maximum Gasteiger partial charge on any atom is 0.241 e. The Hall–Kier alpha value is -0.580. The zero-order valence-corrected chi connectivity index (χ0v) is 13.2. The van der Waals surface area contributed by atoms with Crippen LogP contribution < -0.4 is 5.32 Å². The fraction of sp³-hybridized carbons (Fsp3) is 0.929. The monoisotopic (exact) mass is 289 g/mol. The Morgan fingerprint density at radius 3 is 2.05 bits per heavy atom. The number of rotatable bonds is 6. The first-order chi connectivity index (χ1) is 8.93. The Balaban J connectivity index is 2.89. The molecule has 0 aromatic rings. The maximum atomic E-state index is 12.5. The third-order valence-electron chi connectivity index (χ3n) is 4.47. The van der Waals surface area contributed by atoms with Crippen molar-refractivity contribution < 1.29 is 13.2 Å². The first kappa shape index (κ1) is 16.5. The molecule has 0 atom stereocenters. The van der Waals surface area contributed by atoms with Gasteiger partial charge >= 0.3 is 0 Å². The predicted molar refractivity (Wildman–Crippen MR) is 77.8 cm³/mol. The van der Waals surface area contributed by atoms with Gasteiger partial charge in [0, 0.05) is 11.8 Å². The molecule has 1 saturated carbocycles. The Labute approximate surface area is 117 Å². The van der Waals surface area contributed by atoms with Crippen LogP contribution in [0.15, 0.2) is 0 Å². The third kappa shape index (κ3) is 3.30. The minimum atomic E-state index is -3.38. The van der Waals surface area contributed by atoms with E-state index in [0.29, 0.717) is 12.8 Å². The Morgan fingerprint density at radius 2 is 1.63 bits per heavy atom. The summed E-state index contributed by atoms with van der Waals surface area (Å²) in [5, 5.41) is 2.98. The molecule has 1 aliphatic carbocycles. The number of nitrogens with one attached hydrogen (secondary N) is 1. The van der Waals surface area contributed by atoms with E-state index in [2.05, 4.69) is 5.32 Å². The van der Waals surface area contributed by atoms with E-state index in [1.165, 1.54) is 6.42 Å². The summed E-state index contributed by atoms with van der Waals surface area (Å²) in [6.45, 7) is 5.19. The van der Waals surface area contributed by atoms with Gasteiger partial charge < -0.3 is 5.32 Å². The number of carbonyl (C=O) groups is 1. The second kappa shape index (κ2) is 6.73. The van der Waals surface area contributed by atoms with E-state index in [4.69, 9.17) is 0 Å². The summed E-state index contributed by atoms with van der Waals surface area (Å²) < 4.78 is 23.4. The minimum absolute atomic E-state index is 0.0206. The summed E-state index contributed by atoms with van der Waals surface area (Å²) in [5.74, 6) is -0.265. The Kier molecular flexibility index (Phi) is 5.83. The molecule has 0 aromatic carbocycles. The highest BCUT2D eigenvalue weighted by Crippen LogP contribution is 2.28. The van der Waals surface area contributed by atoms with Crippen molar-refractivity contribution in [3.63, 3.8) is 0 Å². The van der Waals surface area contributed by atoms with Crippen LogP contribution in [0.1, 0.15) is 65.7 Å². The second-order valence-electron chi connectivity index (χ2n) is 5.41. The molecule has 1 rings (SSSR count). The number of carbonyl (C=O) groups excluding carboxylic acids is 1. The van der Waals surface area contributed by atoms with Crippen molar-refractivity contribution in [2.24, 2.45) is 0 Å². The number of hydrogen-bond acceptors (Lipinski definition) is 3. The van der Waals surface area contributed by atoms with Crippen LogP contribution in [0, 0.1) is 0 Å². The average molecular weight is 289 g/mol. The smallest absolute Gasteiger partial charge is 0.241 e. The second-order valence-corrected chi connectivity index (χ2v) is 8.00. The van der Waals surface area contributed by atoms with E-state index < -0.39 is 14.6 Å². The average Bonchev–Trinajstić information content (AvgIpc) is 2.41. The van der Waals surface area contributed by atoms with Crippen molar-refractivity contribution in [3.8, 4) is 0 Å². The van der Waals surface area contributed by atoms with E-state index in [1.807, 2.05) is 0 Å². The van der Waals surface area contributed by atoms with E-state index in [9.17, 15) is 13.2 Å². The van der Waals surface area contributed by atoms with Gasteiger partial charge in [-0.05, 0) is 25.7 Å². The molecule has 1 fully saturated rings. The molecule has 0 heterocycles. The molecule has 4 nitrogen and oxygen atoms in total. The molecule has 0 unspecified atom stereocenters. The molecule has 0 spiro atoms. The van der Waals surface area contributed by atoms with Crippen LogP contribution in [-0.2, 0) is 14.6 Å². The van der Waals surface area contributed by atoms with Crippen LogP contribution in [0.25, 0.3) is 0 Å². The molecule has 0 radical (unpaired) electrons. The highest BCUT2D eigenvalue weighted by Gasteiger charge is 2.46. The molecule has 1 amide bonds. The van der Waals surface area contributed by atoms with E-state index in [-0.39, 0.29) is 17.7 Å². The zero-order valence-electron chi connectivity index (χ0n) is 12.4. The summed E-state index contributed by atoms with van der Waals surface area (Å²) in [5.41, 5.74) is 0. The van der Waals surface area contributed by atoms with Gasteiger partial charge in [-0.3, -0.25) is 4.79 Å². The van der Waals surface area contributed by atoms with Gasteiger partial charge in [0.2, 0.25) is 5.91 Å². The Bertz CT molecular complexity index is 393. The molecule has 0 bridgehead atoms. The van der Waals surface area contributed by atoms with Gasteiger partial charge in [0.1, 0.15) is 4.75 Å². The maximum absolute atomic E-state index is 12.5. The highest BCUT2D eigenvalue weighted by atomic mass is 32.2. The molecular weight excluding hydrogens is 262 g/mol. The van der Waals surface area contributed by atoms with Gasteiger partial charge in [0.25, 0.3) is 0 Å². The van der Waals surface area contributed by atoms with Crippen molar-refractivity contribution in [2.75, 3.05) is 5.75 Å². The van der Waals surface area contributed by atoms with Crippen molar-refractivity contribution in [1.29, 1.82) is 0 Å².